The van der Waals surface area contributed by atoms with Crippen LogP contribution >= 0.6 is 0 Å². The van der Waals surface area contributed by atoms with Crippen LogP contribution in [0.3, 0.4) is 0 Å². The molecule has 0 fully saturated rings. The Kier molecular flexibility index (Phi) is 3.60. The van der Waals surface area contributed by atoms with Gasteiger partial charge < -0.3 is 0 Å². The normalized spacial score (nSPS) is 12.5. The first-order chi connectivity index (χ1) is 9.57. The summed E-state index contributed by atoms with van der Waals surface area (Å²) in [5.74, 6) is 0. The van der Waals surface area contributed by atoms with Crippen LogP contribution in [0.15, 0.2) is 24.5 Å². The molecule has 21 heavy (non-hydrogen) atoms. The molecule has 0 unspecified atom stereocenters. The van der Waals surface area contributed by atoms with Crippen molar-refractivity contribution in [2.75, 3.05) is 0 Å². The number of hydrogen-bond acceptors (Lipinski definition) is 3. The van der Waals surface area contributed by atoms with E-state index in [1.54, 1.807) is 0 Å². The predicted molar refractivity (Wildman–Crippen MR) is 60.0 cm³/mol. The second-order valence-electron chi connectivity index (χ2n) is 4.17. The molecule has 0 amide bonds. The fourth-order valence-electron chi connectivity index (χ4n) is 1.60. The van der Waals surface area contributed by atoms with Gasteiger partial charge in [-0.05, 0) is 19.1 Å². The van der Waals surface area contributed by atoms with Crippen molar-refractivity contribution in [1.29, 1.82) is 0 Å². The van der Waals surface area contributed by atoms with Gasteiger partial charge >= 0.3 is 12.4 Å². The van der Waals surface area contributed by atoms with Crippen LogP contribution in [0.5, 0.6) is 0 Å². The highest BCUT2D eigenvalue weighted by atomic mass is 19.4. The highest BCUT2D eigenvalue weighted by molar-refractivity contribution is 5.59. The summed E-state index contributed by atoms with van der Waals surface area (Å²) in [4.78, 5) is 9.97. The molecule has 2 aromatic rings. The van der Waals surface area contributed by atoms with Crippen LogP contribution in [-0.2, 0) is 12.4 Å². The predicted octanol–water partition coefficient (Wildman–Crippen LogP) is 3.88. The molecule has 112 valence electrons. The van der Waals surface area contributed by atoms with E-state index in [-0.39, 0.29) is 17.0 Å². The number of alkyl halides is 6. The number of pyridine rings is 1. The van der Waals surface area contributed by atoms with Gasteiger partial charge in [0.1, 0.15) is 5.69 Å². The van der Waals surface area contributed by atoms with E-state index in [4.69, 9.17) is 0 Å². The molecule has 0 spiro atoms. The number of nitrogens with zero attached hydrogens (tertiary/aromatic N) is 3. The average molecular weight is 307 g/mol. The molecule has 0 aliphatic heterocycles. The van der Waals surface area contributed by atoms with Crippen molar-refractivity contribution in [2.45, 2.75) is 19.3 Å². The van der Waals surface area contributed by atoms with E-state index in [1.165, 1.54) is 13.0 Å². The molecule has 0 atom stereocenters. The van der Waals surface area contributed by atoms with Gasteiger partial charge in [-0.25, -0.2) is 9.97 Å². The van der Waals surface area contributed by atoms with Crippen LogP contribution in [0.25, 0.3) is 11.3 Å². The number of hydrogen-bond donors (Lipinski definition) is 0. The summed E-state index contributed by atoms with van der Waals surface area (Å²) in [6.07, 6.45) is -7.96. The molecule has 2 rings (SSSR count). The average Bonchev–Trinajstić information content (AvgIpc) is 2.36. The molecule has 2 heterocycles. The summed E-state index contributed by atoms with van der Waals surface area (Å²) < 4.78 is 75.6. The highest BCUT2D eigenvalue weighted by Crippen LogP contribution is 2.32. The first-order valence-corrected chi connectivity index (χ1v) is 5.53. The Morgan fingerprint density at radius 3 is 2.00 bits per heavy atom. The van der Waals surface area contributed by atoms with E-state index in [1.807, 2.05) is 0 Å². The quantitative estimate of drug-likeness (QED) is 0.750. The van der Waals surface area contributed by atoms with Gasteiger partial charge in [0, 0.05) is 11.3 Å². The lowest BCUT2D eigenvalue weighted by Gasteiger charge is -2.10. The molecule has 2 aromatic heterocycles. The summed E-state index contributed by atoms with van der Waals surface area (Å²) in [5, 5.41) is 0. The summed E-state index contributed by atoms with van der Waals surface area (Å²) in [6.45, 7) is 1.31. The Morgan fingerprint density at radius 1 is 0.810 bits per heavy atom. The van der Waals surface area contributed by atoms with E-state index in [0.717, 1.165) is 6.20 Å². The van der Waals surface area contributed by atoms with Gasteiger partial charge in [-0.15, -0.1) is 0 Å². The number of aromatic nitrogens is 3. The topological polar surface area (TPSA) is 38.7 Å². The van der Waals surface area contributed by atoms with Crippen molar-refractivity contribution in [3.05, 3.63) is 41.6 Å². The fraction of sp³-hybridized carbons (Fsp3) is 0.250. The fourth-order valence-corrected chi connectivity index (χ4v) is 1.60. The molecule has 0 bridgehead atoms. The van der Waals surface area contributed by atoms with E-state index in [0.29, 0.717) is 12.3 Å². The molecular formula is C12H7F6N3. The Bertz CT molecular complexity index is 663. The second kappa shape index (κ2) is 4.97. The largest absolute Gasteiger partial charge is 0.434 e. The first kappa shape index (κ1) is 15.2. The summed E-state index contributed by atoms with van der Waals surface area (Å²) >= 11 is 0. The molecule has 0 radical (unpaired) electrons. The lowest BCUT2D eigenvalue weighted by molar-refractivity contribution is -0.142. The van der Waals surface area contributed by atoms with Crippen molar-refractivity contribution in [3.63, 3.8) is 0 Å². The lowest BCUT2D eigenvalue weighted by atomic mass is 10.1. The Balaban J connectivity index is 2.55. The minimum atomic E-state index is -4.72. The molecule has 0 aromatic carbocycles. The minimum Gasteiger partial charge on any atom is -0.260 e. The second-order valence-corrected chi connectivity index (χ2v) is 4.17. The van der Waals surface area contributed by atoms with Gasteiger partial charge in [0.25, 0.3) is 0 Å². The van der Waals surface area contributed by atoms with Gasteiger partial charge in [0.2, 0.25) is 0 Å². The Hall–Kier alpha value is -2.19. The standard InChI is InChI=1S/C12H7F6N3/c1-6-2-7(3-9(20-6)11(13,14)15)8-4-19-5-10(21-8)12(16,17)18/h2-5H,1H3. The number of rotatable bonds is 1. The van der Waals surface area contributed by atoms with Gasteiger partial charge in [-0.2, -0.15) is 26.3 Å². The maximum absolute atomic E-state index is 12.7. The maximum Gasteiger partial charge on any atom is 0.434 e. The van der Waals surface area contributed by atoms with Crippen LogP contribution in [0.2, 0.25) is 0 Å². The minimum absolute atomic E-state index is 0.0130. The SMILES string of the molecule is Cc1cc(-c2cncc(C(F)(F)F)n2)cc(C(F)(F)F)n1. The van der Waals surface area contributed by atoms with Crippen molar-refractivity contribution < 1.29 is 26.3 Å². The van der Waals surface area contributed by atoms with E-state index in [9.17, 15) is 26.3 Å². The zero-order valence-electron chi connectivity index (χ0n) is 10.4. The Morgan fingerprint density at radius 2 is 1.43 bits per heavy atom. The number of aryl methyl sites for hydroxylation is 1. The molecule has 0 saturated carbocycles. The number of halogens is 6. The Labute approximate surface area is 114 Å². The zero-order chi connectivity index (χ0) is 15.8. The van der Waals surface area contributed by atoms with Gasteiger partial charge in [-0.3, -0.25) is 4.98 Å². The van der Waals surface area contributed by atoms with Crippen LogP contribution in [0.1, 0.15) is 17.1 Å². The van der Waals surface area contributed by atoms with Crippen molar-refractivity contribution in [1.82, 2.24) is 15.0 Å². The monoisotopic (exact) mass is 307 g/mol. The van der Waals surface area contributed by atoms with E-state index >= 15 is 0 Å². The third-order valence-electron chi connectivity index (χ3n) is 2.46. The first-order valence-electron chi connectivity index (χ1n) is 5.53. The smallest absolute Gasteiger partial charge is 0.260 e. The van der Waals surface area contributed by atoms with Crippen molar-refractivity contribution in [3.8, 4) is 11.3 Å². The molecule has 0 saturated heterocycles. The molecular weight excluding hydrogens is 300 g/mol. The van der Waals surface area contributed by atoms with Crippen LogP contribution in [0.4, 0.5) is 26.3 Å². The van der Waals surface area contributed by atoms with Gasteiger partial charge in [0.15, 0.2) is 5.69 Å². The molecule has 0 aliphatic carbocycles. The molecule has 0 N–H and O–H groups in total. The van der Waals surface area contributed by atoms with Gasteiger partial charge in [0.05, 0.1) is 18.1 Å². The third-order valence-corrected chi connectivity index (χ3v) is 2.46. The van der Waals surface area contributed by atoms with E-state index < -0.39 is 23.7 Å². The zero-order valence-corrected chi connectivity index (χ0v) is 10.4. The third kappa shape index (κ3) is 3.47. The maximum atomic E-state index is 12.7. The van der Waals surface area contributed by atoms with E-state index in [2.05, 4.69) is 15.0 Å². The molecule has 0 aliphatic rings. The molecule has 3 nitrogen and oxygen atoms in total. The van der Waals surface area contributed by atoms with Gasteiger partial charge in [-0.1, -0.05) is 0 Å². The van der Waals surface area contributed by atoms with Crippen LogP contribution in [-0.4, -0.2) is 15.0 Å². The summed E-state index contributed by atoms with van der Waals surface area (Å²) in [6, 6.07) is 1.84. The van der Waals surface area contributed by atoms with Crippen molar-refractivity contribution in [2.24, 2.45) is 0 Å². The lowest BCUT2D eigenvalue weighted by Crippen LogP contribution is -2.11. The summed E-state index contributed by atoms with van der Waals surface area (Å²) in [5.41, 5.74) is -2.90. The van der Waals surface area contributed by atoms with Crippen LogP contribution < -0.4 is 0 Å². The van der Waals surface area contributed by atoms with Crippen molar-refractivity contribution >= 4 is 0 Å². The molecule has 9 heteroatoms. The highest BCUT2D eigenvalue weighted by Gasteiger charge is 2.34. The summed E-state index contributed by atoms with van der Waals surface area (Å²) in [7, 11) is 0. The van der Waals surface area contributed by atoms with Crippen LogP contribution in [0, 0.1) is 6.92 Å².